The minimum atomic E-state index is -0.0799. The molecule has 2 aromatic heterocycles. The summed E-state index contributed by atoms with van der Waals surface area (Å²) in [4.78, 5) is 34.9. The zero-order valence-electron chi connectivity index (χ0n) is 15.6. The molecule has 1 saturated carbocycles. The van der Waals surface area contributed by atoms with Crippen LogP contribution in [0, 0.1) is 5.92 Å². The average molecular weight is 404 g/mol. The maximum absolute atomic E-state index is 13.0. The van der Waals surface area contributed by atoms with E-state index in [1.54, 1.807) is 27.6 Å². The maximum Gasteiger partial charge on any atom is 0.227 e. The Labute approximate surface area is 168 Å². The molecular weight excluding hydrogens is 378 g/mol. The van der Waals surface area contributed by atoms with Crippen LogP contribution in [0.1, 0.15) is 44.2 Å². The SMILES string of the molecule is CN(Cc1csc(-c2cccs2)n1)C(=O)C1CCC(=O)N(C2CCCC2)C1. The number of thiophene rings is 1. The van der Waals surface area contributed by atoms with Crippen molar-refractivity contribution in [3.05, 3.63) is 28.6 Å². The van der Waals surface area contributed by atoms with Crippen molar-refractivity contribution in [3.8, 4) is 9.88 Å². The molecule has 0 radical (unpaired) electrons. The van der Waals surface area contributed by atoms with Gasteiger partial charge >= 0.3 is 0 Å². The Hall–Kier alpha value is -1.73. The van der Waals surface area contributed by atoms with Crippen LogP contribution in [-0.2, 0) is 16.1 Å². The highest BCUT2D eigenvalue weighted by Gasteiger charge is 2.36. The van der Waals surface area contributed by atoms with Gasteiger partial charge in [-0.25, -0.2) is 4.98 Å². The first kappa shape index (κ1) is 18.6. The van der Waals surface area contributed by atoms with Crippen LogP contribution in [0.2, 0.25) is 0 Å². The molecule has 0 spiro atoms. The lowest BCUT2D eigenvalue weighted by molar-refractivity contribution is -0.144. The third kappa shape index (κ3) is 4.09. The molecule has 4 rings (SSSR count). The van der Waals surface area contributed by atoms with Gasteiger partial charge in [0.25, 0.3) is 0 Å². The Morgan fingerprint density at radius 2 is 2.11 bits per heavy atom. The molecule has 0 bridgehead atoms. The van der Waals surface area contributed by atoms with E-state index >= 15 is 0 Å². The van der Waals surface area contributed by atoms with E-state index in [4.69, 9.17) is 0 Å². The summed E-state index contributed by atoms with van der Waals surface area (Å²) in [5.74, 6) is 0.286. The number of hydrogen-bond donors (Lipinski definition) is 0. The van der Waals surface area contributed by atoms with Crippen molar-refractivity contribution in [2.24, 2.45) is 5.92 Å². The first-order valence-corrected chi connectivity index (χ1v) is 11.4. The summed E-state index contributed by atoms with van der Waals surface area (Å²) in [7, 11) is 1.85. The average Bonchev–Trinajstić information content (AvgIpc) is 3.42. The Bertz CT molecular complexity index is 796. The molecule has 0 N–H and O–H groups in total. The highest BCUT2D eigenvalue weighted by atomic mass is 32.1. The minimum absolute atomic E-state index is 0.0799. The van der Waals surface area contributed by atoms with Gasteiger partial charge in [-0.15, -0.1) is 22.7 Å². The zero-order chi connectivity index (χ0) is 18.8. The summed E-state index contributed by atoms with van der Waals surface area (Å²) in [5, 5.41) is 5.09. The molecule has 1 aliphatic carbocycles. The second-order valence-corrected chi connectivity index (χ2v) is 9.34. The van der Waals surface area contributed by atoms with Crippen LogP contribution < -0.4 is 0 Å². The van der Waals surface area contributed by atoms with Crippen molar-refractivity contribution in [1.82, 2.24) is 14.8 Å². The molecule has 1 aliphatic heterocycles. The molecule has 7 heteroatoms. The molecule has 2 aliphatic rings. The molecule has 1 saturated heterocycles. The summed E-state index contributed by atoms with van der Waals surface area (Å²) in [6.45, 7) is 1.11. The highest BCUT2D eigenvalue weighted by Crippen LogP contribution is 2.30. The maximum atomic E-state index is 13.0. The molecule has 2 amide bonds. The van der Waals surface area contributed by atoms with Crippen molar-refractivity contribution < 1.29 is 9.59 Å². The number of likely N-dealkylation sites (tertiary alicyclic amines) is 1. The fraction of sp³-hybridized carbons (Fsp3) is 0.550. The van der Waals surface area contributed by atoms with Crippen molar-refractivity contribution in [3.63, 3.8) is 0 Å². The first-order chi connectivity index (χ1) is 13.1. The van der Waals surface area contributed by atoms with Gasteiger partial charge in [-0.05, 0) is 30.7 Å². The summed E-state index contributed by atoms with van der Waals surface area (Å²) >= 11 is 3.30. The Morgan fingerprint density at radius 1 is 1.30 bits per heavy atom. The summed E-state index contributed by atoms with van der Waals surface area (Å²) in [6, 6.07) is 4.45. The van der Waals surface area contributed by atoms with Gasteiger partial charge in [0, 0.05) is 31.4 Å². The summed E-state index contributed by atoms with van der Waals surface area (Å²) in [5.41, 5.74) is 0.929. The van der Waals surface area contributed by atoms with Crippen LogP contribution in [-0.4, -0.2) is 46.2 Å². The fourth-order valence-electron chi connectivity index (χ4n) is 4.17. The molecule has 5 nitrogen and oxygen atoms in total. The minimum Gasteiger partial charge on any atom is -0.340 e. The fourth-order valence-corrected chi connectivity index (χ4v) is 5.79. The molecule has 27 heavy (non-hydrogen) atoms. The number of thiazole rings is 1. The van der Waals surface area contributed by atoms with Gasteiger partial charge in [-0.3, -0.25) is 9.59 Å². The van der Waals surface area contributed by atoms with Crippen molar-refractivity contribution in [2.75, 3.05) is 13.6 Å². The van der Waals surface area contributed by atoms with Crippen LogP contribution in [0.4, 0.5) is 0 Å². The molecule has 2 aromatic rings. The van der Waals surface area contributed by atoms with E-state index in [2.05, 4.69) is 11.1 Å². The second kappa shape index (κ2) is 8.10. The predicted molar refractivity (Wildman–Crippen MR) is 109 cm³/mol. The van der Waals surface area contributed by atoms with Crippen LogP contribution in [0.5, 0.6) is 0 Å². The third-order valence-electron chi connectivity index (χ3n) is 5.62. The van der Waals surface area contributed by atoms with Crippen LogP contribution in [0.25, 0.3) is 9.88 Å². The second-order valence-electron chi connectivity index (χ2n) is 7.54. The predicted octanol–water partition coefficient (Wildman–Crippen LogP) is 4.01. The number of rotatable bonds is 5. The summed E-state index contributed by atoms with van der Waals surface area (Å²) < 4.78 is 0. The largest absolute Gasteiger partial charge is 0.340 e. The molecule has 0 aromatic carbocycles. The van der Waals surface area contributed by atoms with Crippen molar-refractivity contribution >= 4 is 34.5 Å². The number of aromatic nitrogens is 1. The lowest BCUT2D eigenvalue weighted by Gasteiger charge is -2.37. The van der Waals surface area contributed by atoms with Gasteiger partial charge in [0.15, 0.2) is 0 Å². The van der Waals surface area contributed by atoms with E-state index in [9.17, 15) is 9.59 Å². The lowest BCUT2D eigenvalue weighted by atomic mass is 9.94. The van der Waals surface area contributed by atoms with Gasteiger partial charge < -0.3 is 9.80 Å². The molecule has 3 heterocycles. The normalized spacial score (nSPS) is 21.0. The molecular formula is C20H25N3O2S2. The van der Waals surface area contributed by atoms with Gasteiger partial charge in [-0.1, -0.05) is 18.9 Å². The lowest BCUT2D eigenvalue weighted by Crippen LogP contribution is -2.49. The molecule has 144 valence electrons. The molecule has 1 unspecified atom stereocenters. The Kier molecular flexibility index (Phi) is 5.59. The number of carbonyl (C=O) groups is 2. The highest BCUT2D eigenvalue weighted by molar-refractivity contribution is 7.20. The van der Waals surface area contributed by atoms with Crippen LogP contribution in [0.3, 0.4) is 0 Å². The van der Waals surface area contributed by atoms with Crippen LogP contribution in [0.15, 0.2) is 22.9 Å². The van der Waals surface area contributed by atoms with Gasteiger partial charge in [0.2, 0.25) is 11.8 Å². The van der Waals surface area contributed by atoms with E-state index in [1.165, 1.54) is 17.7 Å². The number of amides is 2. The van der Waals surface area contributed by atoms with E-state index in [0.717, 1.165) is 23.5 Å². The van der Waals surface area contributed by atoms with E-state index in [0.29, 0.717) is 32.0 Å². The number of hydrogen-bond acceptors (Lipinski definition) is 5. The standard InChI is InChI=1S/C20H25N3O2S2/c1-22(12-15-13-27-19(21-15)17-7-4-10-26-17)20(25)14-8-9-18(24)23(11-14)16-5-2-3-6-16/h4,7,10,13-14,16H,2-3,5-6,8-9,11-12H2,1H3. The van der Waals surface area contributed by atoms with E-state index < -0.39 is 0 Å². The first-order valence-electron chi connectivity index (χ1n) is 9.64. The van der Waals surface area contributed by atoms with Crippen molar-refractivity contribution in [2.45, 2.75) is 51.1 Å². The van der Waals surface area contributed by atoms with E-state index in [-0.39, 0.29) is 17.7 Å². The van der Waals surface area contributed by atoms with Gasteiger partial charge in [0.1, 0.15) is 5.01 Å². The van der Waals surface area contributed by atoms with Gasteiger partial charge in [0.05, 0.1) is 23.0 Å². The summed E-state index contributed by atoms with van der Waals surface area (Å²) in [6.07, 6.45) is 5.75. The quantitative estimate of drug-likeness (QED) is 0.758. The Morgan fingerprint density at radius 3 is 2.85 bits per heavy atom. The monoisotopic (exact) mass is 403 g/mol. The van der Waals surface area contributed by atoms with E-state index in [1.807, 2.05) is 28.8 Å². The third-order valence-corrected chi connectivity index (χ3v) is 7.55. The topological polar surface area (TPSA) is 53.5 Å². The Balaban J connectivity index is 1.37. The van der Waals surface area contributed by atoms with Crippen LogP contribution >= 0.6 is 22.7 Å². The smallest absolute Gasteiger partial charge is 0.227 e. The number of piperidine rings is 1. The molecule has 1 atom stereocenters. The number of nitrogens with zero attached hydrogens (tertiary/aromatic N) is 3. The van der Waals surface area contributed by atoms with Gasteiger partial charge in [-0.2, -0.15) is 0 Å². The zero-order valence-corrected chi connectivity index (χ0v) is 17.2. The van der Waals surface area contributed by atoms with Crippen molar-refractivity contribution in [1.29, 1.82) is 0 Å². The molecule has 2 fully saturated rings. The number of carbonyl (C=O) groups excluding carboxylic acids is 2.